The van der Waals surface area contributed by atoms with Crippen LogP contribution in [0.4, 0.5) is 0 Å². The molecule has 0 unspecified atom stereocenters. The van der Waals surface area contributed by atoms with Gasteiger partial charge in [-0.3, -0.25) is 4.79 Å². The van der Waals surface area contributed by atoms with Crippen LogP contribution >= 0.6 is 0 Å². The van der Waals surface area contributed by atoms with Crippen LogP contribution in [0.5, 0.6) is 0 Å². The molecule has 1 aromatic carbocycles. The molecule has 0 aliphatic heterocycles. The molecule has 1 N–H and O–H groups in total. The van der Waals surface area contributed by atoms with Crippen LogP contribution in [0.3, 0.4) is 0 Å². The van der Waals surface area contributed by atoms with E-state index in [-0.39, 0.29) is 6.61 Å². The van der Waals surface area contributed by atoms with Crippen molar-refractivity contribution < 1.29 is 9.90 Å². The highest BCUT2D eigenvalue weighted by molar-refractivity contribution is 5.73. The van der Waals surface area contributed by atoms with Gasteiger partial charge in [-0.05, 0) is 23.3 Å². The van der Waals surface area contributed by atoms with Crippen molar-refractivity contribution in [2.24, 2.45) is 0 Å². The van der Waals surface area contributed by atoms with Crippen LogP contribution in [0, 0.1) is 0 Å². The monoisotopic (exact) mass is 162 g/mol. The molecule has 0 aliphatic carbocycles. The van der Waals surface area contributed by atoms with Gasteiger partial charge >= 0.3 is 0 Å². The van der Waals surface area contributed by atoms with Crippen LogP contribution in [0.25, 0.3) is 6.08 Å². The zero-order valence-corrected chi connectivity index (χ0v) is 6.60. The zero-order chi connectivity index (χ0) is 8.81. The first-order valence-electron chi connectivity index (χ1n) is 3.68. The lowest BCUT2D eigenvalue weighted by molar-refractivity contribution is -0.104. The van der Waals surface area contributed by atoms with Gasteiger partial charge in [0.1, 0.15) is 6.29 Å². The Labute approximate surface area is 71.2 Å². The number of aliphatic hydroxyl groups is 1. The zero-order valence-electron chi connectivity index (χ0n) is 6.60. The van der Waals surface area contributed by atoms with E-state index in [1.54, 1.807) is 6.08 Å². The molecule has 0 saturated heterocycles. The quantitative estimate of drug-likeness (QED) is 0.538. The number of aldehydes is 1. The van der Waals surface area contributed by atoms with E-state index < -0.39 is 0 Å². The van der Waals surface area contributed by atoms with Crippen molar-refractivity contribution >= 4 is 12.4 Å². The smallest absolute Gasteiger partial charge is 0.142 e. The molecule has 0 spiro atoms. The molecule has 0 heterocycles. The molecule has 1 rings (SSSR count). The van der Waals surface area contributed by atoms with Crippen molar-refractivity contribution in [2.75, 3.05) is 0 Å². The van der Waals surface area contributed by atoms with Crippen LogP contribution in [0.1, 0.15) is 11.1 Å². The first-order chi connectivity index (χ1) is 5.86. The lowest BCUT2D eigenvalue weighted by Crippen LogP contribution is -1.82. The molecule has 62 valence electrons. The number of carbonyl (C=O) groups excluding carboxylic acids is 1. The largest absolute Gasteiger partial charge is 0.392 e. The van der Waals surface area contributed by atoms with Crippen LogP contribution in [-0.2, 0) is 11.4 Å². The SMILES string of the molecule is O=CC=Cc1cccc(CO)c1. The Balaban J connectivity index is 2.86. The summed E-state index contributed by atoms with van der Waals surface area (Å²) in [6, 6.07) is 7.38. The Bertz CT molecular complexity index is 290. The molecule has 12 heavy (non-hydrogen) atoms. The van der Waals surface area contributed by atoms with E-state index in [2.05, 4.69) is 0 Å². The van der Waals surface area contributed by atoms with Gasteiger partial charge in [-0.15, -0.1) is 0 Å². The number of hydrogen-bond donors (Lipinski definition) is 1. The van der Waals surface area contributed by atoms with Gasteiger partial charge in [-0.2, -0.15) is 0 Å². The van der Waals surface area contributed by atoms with Crippen molar-refractivity contribution in [1.82, 2.24) is 0 Å². The highest BCUT2D eigenvalue weighted by Crippen LogP contribution is 2.06. The normalized spacial score (nSPS) is 10.4. The maximum Gasteiger partial charge on any atom is 0.142 e. The Kier molecular flexibility index (Phi) is 3.23. The Morgan fingerprint density at radius 1 is 1.42 bits per heavy atom. The minimum atomic E-state index is 0.0305. The number of aliphatic hydroxyl groups excluding tert-OH is 1. The summed E-state index contributed by atoms with van der Waals surface area (Å²) in [5.41, 5.74) is 1.77. The minimum Gasteiger partial charge on any atom is -0.392 e. The molecule has 0 bridgehead atoms. The second-order valence-electron chi connectivity index (χ2n) is 2.40. The summed E-state index contributed by atoms with van der Waals surface area (Å²) >= 11 is 0. The molecule has 0 amide bonds. The van der Waals surface area contributed by atoms with Crippen molar-refractivity contribution in [3.63, 3.8) is 0 Å². The van der Waals surface area contributed by atoms with E-state index in [1.165, 1.54) is 6.08 Å². The molecule has 0 atom stereocenters. The number of benzene rings is 1. The summed E-state index contributed by atoms with van der Waals surface area (Å²) < 4.78 is 0. The summed E-state index contributed by atoms with van der Waals surface area (Å²) in [6.45, 7) is 0.0305. The number of allylic oxidation sites excluding steroid dienone is 1. The third-order valence-electron chi connectivity index (χ3n) is 1.50. The van der Waals surface area contributed by atoms with Gasteiger partial charge in [0.25, 0.3) is 0 Å². The fourth-order valence-electron chi connectivity index (χ4n) is 0.946. The minimum absolute atomic E-state index is 0.0305. The van der Waals surface area contributed by atoms with Crippen molar-refractivity contribution in [3.8, 4) is 0 Å². The Morgan fingerprint density at radius 2 is 2.25 bits per heavy atom. The molecule has 0 radical (unpaired) electrons. The first kappa shape index (κ1) is 8.68. The third kappa shape index (κ3) is 2.32. The van der Waals surface area contributed by atoms with E-state index in [4.69, 9.17) is 5.11 Å². The number of rotatable bonds is 3. The summed E-state index contributed by atoms with van der Waals surface area (Å²) in [4.78, 5) is 10.00. The second-order valence-corrected chi connectivity index (χ2v) is 2.40. The second kappa shape index (κ2) is 4.46. The fourth-order valence-corrected chi connectivity index (χ4v) is 0.946. The Morgan fingerprint density at radius 3 is 2.92 bits per heavy atom. The van der Waals surface area contributed by atoms with Gasteiger partial charge < -0.3 is 5.11 Å². The molecule has 0 fully saturated rings. The maximum absolute atomic E-state index is 10.00. The number of hydrogen-bond acceptors (Lipinski definition) is 2. The van der Waals surface area contributed by atoms with Gasteiger partial charge in [0, 0.05) is 0 Å². The van der Waals surface area contributed by atoms with Gasteiger partial charge in [-0.25, -0.2) is 0 Å². The summed E-state index contributed by atoms with van der Waals surface area (Å²) in [6.07, 6.45) is 3.86. The summed E-state index contributed by atoms with van der Waals surface area (Å²) in [5, 5.41) is 8.79. The molecule has 0 aliphatic rings. The number of carbonyl (C=O) groups is 1. The highest BCUT2D eigenvalue weighted by Gasteiger charge is 1.89. The van der Waals surface area contributed by atoms with E-state index in [0.717, 1.165) is 17.4 Å². The predicted octanol–water partition coefficient (Wildman–Crippen LogP) is 1.39. The maximum atomic E-state index is 10.00. The molecule has 1 aromatic rings. The molecular weight excluding hydrogens is 152 g/mol. The molecule has 2 heteroatoms. The first-order valence-corrected chi connectivity index (χ1v) is 3.68. The van der Waals surface area contributed by atoms with Crippen molar-refractivity contribution in [1.29, 1.82) is 0 Å². The van der Waals surface area contributed by atoms with E-state index in [1.807, 2.05) is 24.3 Å². The topological polar surface area (TPSA) is 37.3 Å². The van der Waals surface area contributed by atoms with Crippen molar-refractivity contribution in [2.45, 2.75) is 6.61 Å². The lowest BCUT2D eigenvalue weighted by Gasteiger charge is -1.96. The van der Waals surface area contributed by atoms with E-state index >= 15 is 0 Å². The Hall–Kier alpha value is -1.41. The summed E-state index contributed by atoms with van der Waals surface area (Å²) in [5.74, 6) is 0. The lowest BCUT2D eigenvalue weighted by atomic mass is 10.1. The fraction of sp³-hybridized carbons (Fsp3) is 0.100. The van der Waals surface area contributed by atoms with Crippen LogP contribution in [0.15, 0.2) is 30.3 Å². The average Bonchev–Trinajstić information content (AvgIpc) is 2.15. The molecule has 2 nitrogen and oxygen atoms in total. The molecule has 0 aromatic heterocycles. The van der Waals surface area contributed by atoms with Gasteiger partial charge in [0.15, 0.2) is 0 Å². The highest BCUT2D eigenvalue weighted by atomic mass is 16.3. The van der Waals surface area contributed by atoms with E-state index in [0.29, 0.717) is 0 Å². The summed E-state index contributed by atoms with van der Waals surface area (Å²) in [7, 11) is 0. The average molecular weight is 162 g/mol. The van der Waals surface area contributed by atoms with Crippen LogP contribution in [0.2, 0.25) is 0 Å². The molecule has 0 saturated carbocycles. The van der Waals surface area contributed by atoms with Crippen LogP contribution < -0.4 is 0 Å². The predicted molar refractivity (Wildman–Crippen MR) is 47.5 cm³/mol. The van der Waals surface area contributed by atoms with E-state index in [9.17, 15) is 4.79 Å². The van der Waals surface area contributed by atoms with Gasteiger partial charge in [0.05, 0.1) is 6.61 Å². The standard InChI is InChI=1S/C10H10O2/c11-6-2-5-9-3-1-4-10(7-9)8-12/h1-7,12H,8H2. The van der Waals surface area contributed by atoms with Crippen LogP contribution in [-0.4, -0.2) is 11.4 Å². The van der Waals surface area contributed by atoms with Gasteiger partial charge in [-0.1, -0.05) is 24.3 Å². The van der Waals surface area contributed by atoms with Crippen molar-refractivity contribution in [3.05, 3.63) is 41.5 Å². The molecular formula is C10H10O2. The third-order valence-corrected chi connectivity index (χ3v) is 1.50. The van der Waals surface area contributed by atoms with Gasteiger partial charge in [0.2, 0.25) is 0 Å².